The predicted molar refractivity (Wildman–Crippen MR) is 74.3 cm³/mol. The third-order valence-electron chi connectivity index (χ3n) is 4.04. The van der Waals surface area contributed by atoms with E-state index < -0.39 is 0 Å². The molecule has 2 fully saturated rings. The van der Waals surface area contributed by atoms with Crippen LogP contribution in [0.3, 0.4) is 0 Å². The normalized spacial score (nSPS) is 22.8. The molecule has 0 aliphatic heterocycles. The number of hydrogen-bond donors (Lipinski definition) is 1. The fourth-order valence-electron chi connectivity index (χ4n) is 2.68. The van der Waals surface area contributed by atoms with E-state index in [1.165, 1.54) is 45.2 Å². The first-order valence-electron chi connectivity index (χ1n) is 7.60. The quantitative estimate of drug-likeness (QED) is 0.683. The summed E-state index contributed by atoms with van der Waals surface area (Å²) in [6.07, 6.45) is 8.63. The molecule has 0 radical (unpaired) electrons. The van der Waals surface area contributed by atoms with Gasteiger partial charge < -0.3 is 4.90 Å². The Hall–Kier alpha value is -0.590. The Morgan fingerprint density at radius 1 is 1.28 bits per heavy atom. The Balaban J connectivity index is 1.69. The lowest BCUT2D eigenvalue weighted by molar-refractivity contribution is 0.248. The van der Waals surface area contributed by atoms with E-state index in [1.807, 2.05) is 0 Å². The molecule has 102 valence electrons. The Labute approximate surface area is 112 Å². The van der Waals surface area contributed by atoms with Crippen molar-refractivity contribution < 1.29 is 0 Å². The minimum Gasteiger partial charge on any atom is -0.300 e. The molecule has 2 aliphatic carbocycles. The summed E-state index contributed by atoms with van der Waals surface area (Å²) in [4.78, 5) is 2.62. The van der Waals surface area contributed by atoms with Crippen LogP contribution >= 0.6 is 0 Å². The lowest BCUT2D eigenvalue weighted by atomic mass is 9.97. The Bertz CT molecular complexity index is 301. The molecule has 0 heterocycles. The highest BCUT2D eigenvalue weighted by molar-refractivity contribution is 5.07. The van der Waals surface area contributed by atoms with Crippen molar-refractivity contribution in [2.75, 3.05) is 13.1 Å². The van der Waals surface area contributed by atoms with E-state index in [4.69, 9.17) is 0 Å². The van der Waals surface area contributed by atoms with E-state index in [0.717, 1.165) is 18.9 Å². The molecule has 2 rings (SSSR count). The van der Waals surface area contributed by atoms with E-state index in [2.05, 4.69) is 30.1 Å². The van der Waals surface area contributed by atoms with Crippen LogP contribution < -0.4 is 5.32 Å². The third-order valence-corrected chi connectivity index (χ3v) is 4.04. The maximum Gasteiger partial charge on any atom is 0.104 e. The lowest BCUT2D eigenvalue weighted by Gasteiger charge is -2.26. The van der Waals surface area contributed by atoms with E-state index in [0.29, 0.717) is 6.04 Å². The molecule has 0 saturated heterocycles. The molecule has 18 heavy (non-hydrogen) atoms. The average molecular weight is 249 g/mol. The van der Waals surface area contributed by atoms with Gasteiger partial charge in [0.2, 0.25) is 0 Å². The van der Waals surface area contributed by atoms with Crippen LogP contribution in [0.4, 0.5) is 0 Å². The van der Waals surface area contributed by atoms with Crippen LogP contribution in [0.25, 0.3) is 0 Å². The molecule has 2 saturated carbocycles. The van der Waals surface area contributed by atoms with Gasteiger partial charge in [-0.1, -0.05) is 6.92 Å². The summed E-state index contributed by atoms with van der Waals surface area (Å²) in [7, 11) is 0. The molecule has 0 amide bonds. The van der Waals surface area contributed by atoms with Crippen molar-refractivity contribution in [3.05, 3.63) is 0 Å². The molecule has 0 bridgehead atoms. The second-order valence-corrected chi connectivity index (χ2v) is 6.23. The van der Waals surface area contributed by atoms with Gasteiger partial charge in [0.25, 0.3) is 0 Å². The number of hydrogen-bond acceptors (Lipinski definition) is 3. The SMILES string of the molecule is CCCN(CCCC(C)(C#N)NC1CC1)C1CC1. The van der Waals surface area contributed by atoms with Crippen molar-refractivity contribution in [3.63, 3.8) is 0 Å². The molecular formula is C15H27N3. The van der Waals surface area contributed by atoms with Crippen molar-refractivity contribution in [1.29, 1.82) is 5.26 Å². The van der Waals surface area contributed by atoms with Gasteiger partial charge in [0.15, 0.2) is 0 Å². The summed E-state index contributed by atoms with van der Waals surface area (Å²) in [5, 5.41) is 12.8. The second-order valence-electron chi connectivity index (χ2n) is 6.23. The first-order valence-corrected chi connectivity index (χ1v) is 7.60. The maximum absolute atomic E-state index is 9.33. The fourth-order valence-corrected chi connectivity index (χ4v) is 2.68. The van der Waals surface area contributed by atoms with Gasteiger partial charge >= 0.3 is 0 Å². The van der Waals surface area contributed by atoms with Crippen molar-refractivity contribution in [2.24, 2.45) is 0 Å². The van der Waals surface area contributed by atoms with Gasteiger partial charge in [-0.05, 0) is 65.0 Å². The van der Waals surface area contributed by atoms with Crippen LogP contribution in [-0.4, -0.2) is 35.6 Å². The minimum absolute atomic E-state index is 0.303. The van der Waals surface area contributed by atoms with E-state index in [1.54, 1.807) is 0 Å². The van der Waals surface area contributed by atoms with Crippen LogP contribution in [0, 0.1) is 11.3 Å². The monoisotopic (exact) mass is 249 g/mol. The van der Waals surface area contributed by atoms with Gasteiger partial charge in [-0.25, -0.2) is 0 Å². The van der Waals surface area contributed by atoms with Gasteiger partial charge in [0.05, 0.1) is 6.07 Å². The molecule has 0 aromatic heterocycles. The Kier molecular flexibility index (Phi) is 4.64. The zero-order valence-electron chi connectivity index (χ0n) is 11.9. The summed E-state index contributed by atoms with van der Waals surface area (Å²) in [5.41, 5.74) is -0.303. The maximum atomic E-state index is 9.33. The highest BCUT2D eigenvalue weighted by Gasteiger charge is 2.33. The van der Waals surface area contributed by atoms with E-state index in [-0.39, 0.29) is 5.54 Å². The minimum atomic E-state index is -0.303. The van der Waals surface area contributed by atoms with Gasteiger partial charge in [-0.15, -0.1) is 0 Å². The van der Waals surface area contributed by atoms with Crippen molar-refractivity contribution in [3.8, 4) is 6.07 Å². The number of rotatable bonds is 9. The highest BCUT2D eigenvalue weighted by Crippen LogP contribution is 2.28. The van der Waals surface area contributed by atoms with Crippen LogP contribution in [0.15, 0.2) is 0 Å². The molecule has 2 aliphatic rings. The van der Waals surface area contributed by atoms with Crippen molar-refractivity contribution in [1.82, 2.24) is 10.2 Å². The molecular weight excluding hydrogens is 222 g/mol. The largest absolute Gasteiger partial charge is 0.300 e. The summed E-state index contributed by atoms with van der Waals surface area (Å²) >= 11 is 0. The molecule has 0 spiro atoms. The standard InChI is InChI=1S/C15H27N3/c1-3-10-18(14-7-8-14)11-4-9-15(2,12-16)17-13-5-6-13/h13-14,17H,3-11H2,1-2H3. The Morgan fingerprint density at radius 3 is 2.50 bits per heavy atom. The summed E-state index contributed by atoms with van der Waals surface area (Å²) in [6, 6.07) is 3.94. The molecule has 1 unspecified atom stereocenters. The van der Waals surface area contributed by atoms with Gasteiger partial charge in [-0.2, -0.15) is 5.26 Å². The molecule has 0 aromatic rings. The van der Waals surface area contributed by atoms with Crippen molar-refractivity contribution >= 4 is 0 Å². The molecule has 3 nitrogen and oxygen atoms in total. The van der Waals surface area contributed by atoms with E-state index >= 15 is 0 Å². The van der Waals surface area contributed by atoms with Gasteiger partial charge in [0, 0.05) is 12.1 Å². The van der Waals surface area contributed by atoms with Crippen molar-refractivity contribution in [2.45, 2.75) is 76.4 Å². The number of nitrogens with one attached hydrogen (secondary N) is 1. The smallest absolute Gasteiger partial charge is 0.104 e. The number of nitriles is 1. The Morgan fingerprint density at radius 2 is 2.00 bits per heavy atom. The van der Waals surface area contributed by atoms with Crippen LogP contribution in [-0.2, 0) is 0 Å². The van der Waals surface area contributed by atoms with Gasteiger partial charge in [-0.3, -0.25) is 5.32 Å². The van der Waals surface area contributed by atoms with Crippen LogP contribution in [0.2, 0.25) is 0 Å². The zero-order valence-corrected chi connectivity index (χ0v) is 11.9. The molecule has 1 N–H and O–H groups in total. The zero-order chi connectivity index (χ0) is 13.0. The average Bonchev–Trinajstić information content (AvgIpc) is 3.21. The van der Waals surface area contributed by atoms with Gasteiger partial charge in [0.1, 0.15) is 5.54 Å². The van der Waals surface area contributed by atoms with E-state index in [9.17, 15) is 5.26 Å². The lowest BCUT2D eigenvalue weighted by Crippen LogP contribution is -2.43. The molecule has 1 atom stereocenters. The second kappa shape index (κ2) is 6.04. The fraction of sp³-hybridized carbons (Fsp3) is 0.933. The summed E-state index contributed by atoms with van der Waals surface area (Å²) in [6.45, 7) is 6.71. The number of nitrogens with zero attached hydrogens (tertiary/aromatic N) is 2. The molecule has 3 heteroatoms. The predicted octanol–water partition coefficient (Wildman–Crippen LogP) is 2.68. The van der Waals surface area contributed by atoms with Crippen LogP contribution in [0.1, 0.15) is 58.8 Å². The summed E-state index contributed by atoms with van der Waals surface area (Å²) < 4.78 is 0. The summed E-state index contributed by atoms with van der Waals surface area (Å²) in [5.74, 6) is 0. The van der Waals surface area contributed by atoms with Crippen LogP contribution in [0.5, 0.6) is 0 Å². The topological polar surface area (TPSA) is 39.1 Å². The third kappa shape index (κ3) is 4.26. The molecule has 0 aromatic carbocycles. The first kappa shape index (κ1) is 13.8. The first-order chi connectivity index (χ1) is 8.67. The highest BCUT2D eigenvalue weighted by atomic mass is 15.2.